The van der Waals surface area contributed by atoms with Crippen molar-refractivity contribution in [2.45, 2.75) is 51.6 Å². The highest BCUT2D eigenvalue weighted by molar-refractivity contribution is 6.23. The Labute approximate surface area is 349 Å². The molecular weight excluding hydrogens is 761 g/mol. The molecule has 15 nitrogen and oxygen atoms in total. The Morgan fingerprint density at radius 3 is 2.33 bits per heavy atom. The number of aromatic nitrogens is 2. The quantitative estimate of drug-likeness (QED) is 0.217. The van der Waals surface area contributed by atoms with Gasteiger partial charge in [0.1, 0.15) is 24.2 Å². The zero-order valence-electron chi connectivity index (χ0n) is 33.9. The van der Waals surface area contributed by atoms with E-state index < -0.39 is 23.8 Å². The predicted molar refractivity (Wildman–Crippen MR) is 228 cm³/mol. The Balaban J connectivity index is 0.690. The molecule has 310 valence electrons. The van der Waals surface area contributed by atoms with Crippen molar-refractivity contribution in [3.8, 4) is 5.88 Å². The standard InChI is InChI=1S/C45H50N10O5/c1-28-38(25-48-43-41(28)46-13-21-60-43)54-16-12-30-24-47-39(22-31(30)27-54)49-32-2-4-33(5-3-32)52-14-10-29(11-15-52)26-51-17-19-53(20-18-51)34-6-7-35-36(23-34)45(59)55(44(35)58)37-8-9-40(56)50-42(37)57/h2-7,22-25,29,37,46H,8-21,26-27H2,1H3,(H,47,49)(H,50,56,57). The maximum atomic E-state index is 13.4. The molecule has 1 atom stereocenters. The molecule has 3 saturated heterocycles. The van der Waals surface area contributed by atoms with Gasteiger partial charge < -0.3 is 30.1 Å². The van der Waals surface area contributed by atoms with Gasteiger partial charge in [-0.25, -0.2) is 9.97 Å². The molecule has 60 heavy (non-hydrogen) atoms. The van der Waals surface area contributed by atoms with Crippen LogP contribution in [-0.2, 0) is 22.6 Å². The molecule has 0 spiro atoms. The minimum atomic E-state index is -0.960. The topological polar surface area (TPSA) is 156 Å². The third-order valence-electron chi connectivity index (χ3n) is 13.2. The summed E-state index contributed by atoms with van der Waals surface area (Å²) in [5.41, 5.74) is 9.68. The fourth-order valence-electron chi connectivity index (χ4n) is 9.73. The van der Waals surface area contributed by atoms with Crippen molar-refractivity contribution in [3.63, 3.8) is 0 Å². The van der Waals surface area contributed by atoms with Gasteiger partial charge in [-0.2, -0.15) is 0 Å². The maximum Gasteiger partial charge on any atom is 0.262 e. The number of piperazine rings is 1. The number of ether oxygens (including phenoxy) is 1. The molecule has 6 aliphatic rings. The van der Waals surface area contributed by atoms with Gasteiger partial charge in [-0.15, -0.1) is 0 Å². The van der Waals surface area contributed by atoms with E-state index in [1.807, 2.05) is 18.5 Å². The average Bonchev–Trinajstić information content (AvgIpc) is 3.52. The van der Waals surface area contributed by atoms with Gasteiger partial charge in [0.15, 0.2) is 0 Å². The number of nitrogens with one attached hydrogen (secondary N) is 3. The number of amides is 4. The second kappa shape index (κ2) is 15.8. The number of pyridine rings is 2. The Morgan fingerprint density at radius 2 is 1.53 bits per heavy atom. The van der Waals surface area contributed by atoms with E-state index in [0.29, 0.717) is 29.5 Å². The first kappa shape index (κ1) is 38.0. The highest BCUT2D eigenvalue weighted by Gasteiger charge is 2.45. The van der Waals surface area contributed by atoms with Gasteiger partial charge in [0, 0.05) is 101 Å². The van der Waals surface area contributed by atoms with Crippen LogP contribution in [0.5, 0.6) is 5.88 Å². The predicted octanol–water partition coefficient (Wildman–Crippen LogP) is 4.34. The summed E-state index contributed by atoms with van der Waals surface area (Å²) in [6.45, 7) is 11.9. The number of hydrogen-bond acceptors (Lipinski definition) is 13. The first-order chi connectivity index (χ1) is 29.3. The summed E-state index contributed by atoms with van der Waals surface area (Å²) in [5, 5.41) is 9.26. The van der Waals surface area contributed by atoms with Gasteiger partial charge in [0.2, 0.25) is 17.7 Å². The van der Waals surface area contributed by atoms with Crippen molar-refractivity contribution < 1.29 is 23.9 Å². The Bertz CT molecular complexity index is 2350. The number of rotatable bonds is 8. The monoisotopic (exact) mass is 810 g/mol. The van der Waals surface area contributed by atoms with Crippen molar-refractivity contribution >= 4 is 57.9 Å². The van der Waals surface area contributed by atoms with Crippen LogP contribution in [0.3, 0.4) is 0 Å². The largest absolute Gasteiger partial charge is 0.474 e. The van der Waals surface area contributed by atoms with E-state index in [4.69, 9.17) is 9.72 Å². The fraction of sp³-hybridized carbons (Fsp3) is 0.422. The van der Waals surface area contributed by atoms with E-state index in [9.17, 15) is 19.2 Å². The van der Waals surface area contributed by atoms with E-state index in [0.717, 1.165) is 118 Å². The van der Waals surface area contributed by atoms with Crippen molar-refractivity contribution in [1.29, 1.82) is 0 Å². The lowest BCUT2D eigenvalue weighted by molar-refractivity contribution is -0.136. The SMILES string of the molecule is Cc1c(N2CCc3cnc(Nc4ccc(N5CCC(CN6CCN(c7ccc8c(c7)C(=O)N(C7CCC(=O)NC7=O)C8=O)CC6)CC5)cc4)cc3C2)cnc2c1NCCO2. The van der Waals surface area contributed by atoms with Crippen molar-refractivity contribution in [1.82, 2.24) is 25.1 Å². The van der Waals surface area contributed by atoms with Crippen molar-refractivity contribution in [3.05, 3.63) is 88.7 Å². The van der Waals surface area contributed by atoms with E-state index in [-0.39, 0.29) is 18.7 Å². The van der Waals surface area contributed by atoms with E-state index in [1.165, 1.54) is 22.4 Å². The summed E-state index contributed by atoms with van der Waals surface area (Å²) in [6, 6.07) is 15.3. The number of carbonyl (C=O) groups excluding carboxylic acids is 4. The molecule has 8 heterocycles. The molecule has 6 aliphatic heterocycles. The van der Waals surface area contributed by atoms with Crippen LogP contribution >= 0.6 is 0 Å². The number of imide groups is 2. The third-order valence-corrected chi connectivity index (χ3v) is 13.2. The van der Waals surface area contributed by atoms with Crippen LogP contribution < -0.4 is 35.4 Å². The molecular formula is C45H50N10O5. The van der Waals surface area contributed by atoms with E-state index >= 15 is 0 Å². The van der Waals surface area contributed by atoms with Crippen LogP contribution in [0.15, 0.2) is 60.9 Å². The normalized spacial score (nSPS) is 20.9. The molecule has 1 unspecified atom stereocenters. The van der Waals surface area contributed by atoms with Gasteiger partial charge in [0.25, 0.3) is 11.8 Å². The van der Waals surface area contributed by atoms with Crippen LogP contribution in [0.4, 0.5) is 34.3 Å². The molecule has 3 N–H and O–H groups in total. The lowest BCUT2D eigenvalue weighted by Crippen LogP contribution is -2.54. The molecule has 0 bridgehead atoms. The van der Waals surface area contributed by atoms with Crippen molar-refractivity contribution in [2.75, 3.05) is 90.8 Å². The highest BCUT2D eigenvalue weighted by Crippen LogP contribution is 2.37. The second-order valence-corrected chi connectivity index (χ2v) is 16.8. The molecule has 0 aliphatic carbocycles. The fourth-order valence-corrected chi connectivity index (χ4v) is 9.73. The maximum absolute atomic E-state index is 13.4. The minimum absolute atomic E-state index is 0.103. The summed E-state index contributed by atoms with van der Waals surface area (Å²) < 4.78 is 5.75. The summed E-state index contributed by atoms with van der Waals surface area (Å²) in [5.74, 6) is 0.254. The molecule has 0 radical (unpaired) electrons. The molecule has 4 aromatic rings. The number of hydrogen-bond donors (Lipinski definition) is 3. The van der Waals surface area contributed by atoms with E-state index in [2.05, 4.69) is 77.8 Å². The van der Waals surface area contributed by atoms with Crippen LogP contribution in [0.1, 0.15) is 63.1 Å². The second-order valence-electron chi connectivity index (χ2n) is 16.8. The molecule has 10 rings (SSSR count). The van der Waals surface area contributed by atoms with Gasteiger partial charge in [-0.3, -0.25) is 34.3 Å². The first-order valence-corrected chi connectivity index (χ1v) is 21.3. The highest BCUT2D eigenvalue weighted by atomic mass is 16.5. The summed E-state index contributed by atoms with van der Waals surface area (Å²) >= 11 is 0. The van der Waals surface area contributed by atoms with Crippen molar-refractivity contribution in [2.24, 2.45) is 5.92 Å². The molecule has 15 heteroatoms. The number of benzene rings is 2. The van der Waals surface area contributed by atoms with Gasteiger partial charge in [0.05, 0.1) is 23.0 Å². The third kappa shape index (κ3) is 7.24. The van der Waals surface area contributed by atoms with Crippen LogP contribution in [0.2, 0.25) is 0 Å². The summed E-state index contributed by atoms with van der Waals surface area (Å²) in [6.07, 6.45) is 7.44. The van der Waals surface area contributed by atoms with Gasteiger partial charge >= 0.3 is 0 Å². The Kier molecular flexibility index (Phi) is 9.98. The van der Waals surface area contributed by atoms with Gasteiger partial charge in [-0.1, -0.05) is 0 Å². The molecule has 0 saturated carbocycles. The zero-order valence-corrected chi connectivity index (χ0v) is 33.9. The minimum Gasteiger partial charge on any atom is -0.474 e. The Morgan fingerprint density at radius 1 is 0.767 bits per heavy atom. The molecule has 3 fully saturated rings. The zero-order chi connectivity index (χ0) is 40.9. The van der Waals surface area contributed by atoms with Crippen LogP contribution in [-0.4, -0.2) is 115 Å². The average molecular weight is 811 g/mol. The smallest absolute Gasteiger partial charge is 0.262 e. The van der Waals surface area contributed by atoms with Crippen LogP contribution in [0.25, 0.3) is 0 Å². The lowest BCUT2D eigenvalue weighted by Gasteiger charge is -2.40. The number of carbonyl (C=O) groups is 4. The summed E-state index contributed by atoms with van der Waals surface area (Å²) in [7, 11) is 0. The molecule has 2 aromatic carbocycles. The number of anilines is 6. The lowest BCUT2D eigenvalue weighted by atomic mass is 9.95. The first-order valence-electron chi connectivity index (χ1n) is 21.3. The molecule has 4 amide bonds. The van der Waals surface area contributed by atoms with E-state index in [1.54, 1.807) is 12.1 Å². The number of piperidine rings is 2. The van der Waals surface area contributed by atoms with Crippen LogP contribution in [0, 0.1) is 12.8 Å². The van der Waals surface area contributed by atoms with Gasteiger partial charge in [-0.05, 0) is 98.2 Å². The Hall–Kier alpha value is -6.22. The summed E-state index contributed by atoms with van der Waals surface area (Å²) in [4.78, 5) is 70.7. The number of nitrogens with zero attached hydrogens (tertiary/aromatic N) is 7. The number of fused-ring (bicyclic) bond motifs is 3. The molecule has 2 aromatic heterocycles.